The standard InChI is InChI=1S/C30H58O4/c1-4-7-10-12-14-16-18-20-23-26-33-29(31)28(25-22-9-6-3)30(32)34-27-24-21-19-17-15-13-11-8-5-2/h28H,4-27H2,1-3H3. The van der Waals surface area contributed by atoms with E-state index in [0.29, 0.717) is 19.6 Å². The van der Waals surface area contributed by atoms with E-state index in [-0.39, 0.29) is 11.9 Å². The molecule has 0 unspecified atom stereocenters. The van der Waals surface area contributed by atoms with Crippen LogP contribution < -0.4 is 0 Å². The molecule has 0 saturated carbocycles. The van der Waals surface area contributed by atoms with Gasteiger partial charge >= 0.3 is 11.9 Å². The molecular weight excluding hydrogens is 424 g/mol. The van der Waals surface area contributed by atoms with Crippen molar-refractivity contribution in [2.45, 2.75) is 162 Å². The number of rotatable bonds is 26. The summed E-state index contributed by atoms with van der Waals surface area (Å²) in [5.41, 5.74) is 0. The molecule has 0 atom stereocenters. The third-order valence-corrected chi connectivity index (χ3v) is 6.65. The molecule has 0 saturated heterocycles. The number of hydrogen-bond acceptors (Lipinski definition) is 4. The first-order valence-corrected chi connectivity index (χ1v) is 15.0. The molecule has 202 valence electrons. The summed E-state index contributed by atoms with van der Waals surface area (Å²) in [6.07, 6.45) is 25.6. The van der Waals surface area contributed by atoms with Gasteiger partial charge in [-0.25, -0.2) is 0 Å². The molecule has 0 aromatic heterocycles. The Bertz CT molecular complexity index is 413. The maximum atomic E-state index is 12.6. The molecule has 0 N–H and O–H groups in total. The lowest BCUT2D eigenvalue weighted by molar-refractivity contribution is -0.162. The predicted molar refractivity (Wildman–Crippen MR) is 144 cm³/mol. The van der Waals surface area contributed by atoms with Gasteiger partial charge in [0, 0.05) is 0 Å². The van der Waals surface area contributed by atoms with Gasteiger partial charge in [0.15, 0.2) is 5.92 Å². The summed E-state index contributed by atoms with van der Waals surface area (Å²) < 4.78 is 11.0. The average Bonchev–Trinajstić information content (AvgIpc) is 2.84. The molecule has 0 spiro atoms. The second-order valence-corrected chi connectivity index (χ2v) is 10.0. The minimum absolute atomic E-state index is 0.382. The predicted octanol–water partition coefficient (Wildman–Crippen LogP) is 9.33. The Hall–Kier alpha value is -1.06. The van der Waals surface area contributed by atoms with E-state index in [1.165, 1.54) is 89.9 Å². The molecular formula is C30H58O4. The van der Waals surface area contributed by atoms with Gasteiger partial charge in [-0.1, -0.05) is 143 Å². The van der Waals surface area contributed by atoms with Gasteiger partial charge in [-0.3, -0.25) is 9.59 Å². The first-order chi connectivity index (χ1) is 16.7. The largest absolute Gasteiger partial charge is 0.465 e. The van der Waals surface area contributed by atoms with Crippen molar-refractivity contribution < 1.29 is 19.1 Å². The molecule has 0 radical (unpaired) electrons. The molecule has 34 heavy (non-hydrogen) atoms. The minimum Gasteiger partial charge on any atom is -0.465 e. The number of carbonyl (C=O) groups excluding carboxylic acids is 2. The summed E-state index contributed by atoms with van der Waals surface area (Å²) in [5.74, 6) is -1.51. The van der Waals surface area contributed by atoms with Gasteiger partial charge < -0.3 is 9.47 Å². The Morgan fingerprint density at radius 3 is 1.09 bits per heavy atom. The van der Waals surface area contributed by atoms with E-state index < -0.39 is 5.92 Å². The maximum absolute atomic E-state index is 12.6. The van der Waals surface area contributed by atoms with Crippen LogP contribution in [0.5, 0.6) is 0 Å². The number of ether oxygens (including phenoxy) is 2. The fourth-order valence-electron chi connectivity index (χ4n) is 4.30. The Labute approximate surface area is 212 Å². The highest BCUT2D eigenvalue weighted by Crippen LogP contribution is 2.16. The lowest BCUT2D eigenvalue weighted by Crippen LogP contribution is -2.28. The van der Waals surface area contributed by atoms with Crippen LogP contribution in [0.3, 0.4) is 0 Å². The lowest BCUT2D eigenvalue weighted by atomic mass is 10.0. The minimum atomic E-state index is -0.747. The number of carbonyl (C=O) groups is 2. The van der Waals surface area contributed by atoms with Crippen molar-refractivity contribution in [3.63, 3.8) is 0 Å². The quantitative estimate of drug-likeness (QED) is 0.0700. The van der Waals surface area contributed by atoms with Crippen molar-refractivity contribution in [3.8, 4) is 0 Å². The summed E-state index contributed by atoms with van der Waals surface area (Å²) in [7, 11) is 0. The van der Waals surface area contributed by atoms with Crippen LogP contribution in [-0.4, -0.2) is 25.2 Å². The Kier molecular flexibility index (Phi) is 25.7. The molecule has 4 heteroatoms. The van der Waals surface area contributed by atoms with Gasteiger partial charge in [0.1, 0.15) is 0 Å². The fraction of sp³-hybridized carbons (Fsp3) is 0.933. The van der Waals surface area contributed by atoms with E-state index >= 15 is 0 Å². The molecule has 0 aliphatic carbocycles. The van der Waals surface area contributed by atoms with Gasteiger partial charge in [-0.15, -0.1) is 0 Å². The molecule has 0 fully saturated rings. The topological polar surface area (TPSA) is 52.6 Å². The molecule has 0 aliphatic heterocycles. The van der Waals surface area contributed by atoms with Crippen LogP contribution in [0.2, 0.25) is 0 Å². The fourth-order valence-corrected chi connectivity index (χ4v) is 4.30. The van der Waals surface area contributed by atoms with Crippen LogP contribution in [0.1, 0.15) is 162 Å². The van der Waals surface area contributed by atoms with Gasteiger partial charge in [-0.2, -0.15) is 0 Å². The van der Waals surface area contributed by atoms with Crippen molar-refractivity contribution in [2.75, 3.05) is 13.2 Å². The summed E-state index contributed by atoms with van der Waals surface area (Å²) in [5, 5.41) is 0. The zero-order valence-corrected chi connectivity index (χ0v) is 23.2. The summed E-state index contributed by atoms with van der Waals surface area (Å²) >= 11 is 0. The van der Waals surface area contributed by atoms with E-state index in [1.807, 2.05) is 0 Å². The van der Waals surface area contributed by atoms with Crippen LogP contribution in [0.15, 0.2) is 0 Å². The van der Waals surface area contributed by atoms with Crippen LogP contribution in [0, 0.1) is 5.92 Å². The van der Waals surface area contributed by atoms with E-state index in [0.717, 1.165) is 44.9 Å². The number of esters is 2. The summed E-state index contributed by atoms with van der Waals surface area (Å²) in [4.78, 5) is 25.1. The molecule has 0 aromatic rings. The average molecular weight is 483 g/mol. The SMILES string of the molecule is CCCCCCCCCCCOC(=O)C(CCCCC)C(=O)OCCCCCCCCCCC. The van der Waals surface area contributed by atoms with Gasteiger partial charge in [0.2, 0.25) is 0 Å². The second-order valence-electron chi connectivity index (χ2n) is 10.0. The third-order valence-electron chi connectivity index (χ3n) is 6.65. The molecule has 0 rings (SSSR count). The Morgan fingerprint density at radius 2 is 0.735 bits per heavy atom. The van der Waals surface area contributed by atoms with Gasteiger partial charge in [-0.05, 0) is 19.3 Å². The van der Waals surface area contributed by atoms with Crippen LogP contribution in [-0.2, 0) is 19.1 Å². The molecule has 0 amide bonds. The van der Waals surface area contributed by atoms with Crippen molar-refractivity contribution in [1.82, 2.24) is 0 Å². The molecule has 4 nitrogen and oxygen atoms in total. The van der Waals surface area contributed by atoms with E-state index in [4.69, 9.17) is 9.47 Å². The van der Waals surface area contributed by atoms with Gasteiger partial charge in [0.05, 0.1) is 13.2 Å². The maximum Gasteiger partial charge on any atom is 0.320 e. The van der Waals surface area contributed by atoms with Gasteiger partial charge in [0.25, 0.3) is 0 Å². The first-order valence-electron chi connectivity index (χ1n) is 15.0. The second kappa shape index (κ2) is 26.5. The highest BCUT2D eigenvalue weighted by Gasteiger charge is 2.29. The van der Waals surface area contributed by atoms with Crippen LogP contribution in [0.4, 0.5) is 0 Å². The zero-order chi connectivity index (χ0) is 25.1. The lowest BCUT2D eigenvalue weighted by Gasteiger charge is -2.15. The van der Waals surface area contributed by atoms with E-state index in [2.05, 4.69) is 20.8 Å². The van der Waals surface area contributed by atoms with Crippen molar-refractivity contribution in [3.05, 3.63) is 0 Å². The normalized spacial score (nSPS) is 11.2. The number of unbranched alkanes of at least 4 members (excludes halogenated alkanes) is 18. The monoisotopic (exact) mass is 482 g/mol. The summed E-state index contributed by atoms with van der Waals surface area (Å²) in [6, 6.07) is 0. The smallest absolute Gasteiger partial charge is 0.320 e. The van der Waals surface area contributed by atoms with Crippen molar-refractivity contribution in [2.24, 2.45) is 5.92 Å². The Morgan fingerprint density at radius 1 is 0.441 bits per heavy atom. The van der Waals surface area contributed by atoms with Crippen LogP contribution in [0.25, 0.3) is 0 Å². The van der Waals surface area contributed by atoms with E-state index in [1.54, 1.807) is 0 Å². The summed E-state index contributed by atoms with van der Waals surface area (Å²) in [6.45, 7) is 7.45. The number of hydrogen-bond donors (Lipinski definition) is 0. The molecule has 0 aromatic carbocycles. The highest BCUT2D eigenvalue weighted by atomic mass is 16.6. The Balaban J connectivity index is 3.99. The highest BCUT2D eigenvalue weighted by molar-refractivity contribution is 5.94. The van der Waals surface area contributed by atoms with E-state index in [9.17, 15) is 9.59 Å². The van der Waals surface area contributed by atoms with Crippen molar-refractivity contribution in [1.29, 1.82) is 0 Å². The van der Waals surface area contributed by atoms with Crippen molar-refractivity contribution >= 4 is 11.9 Å². The molecule has 0 heterocycles. The van der Waals surface area contributed by atoms with Crippen LogP contribution >= 0.6 is 0 Å². The molecule has 0 aliphatic rings. The first kappa shape index (κ1) is 32.9. The third kappa shape index (κ3) is 21.5. The molecule has 0 bridgehead atoms. The zero-order valence-electron chi connectivity index (χ0n) is 23.2.